The van der Waals surface area contributed by atoms with E-state index in [9.17, 15) is 19.1 Å². The maximum Gasteiger partial charge on any atom is 0.340 e. The van der Waals surface area contributed by atoms with Gasteiger partial charge in [-0.05, 0) is 29.7 Å². The van der Waals surface area contributed by atoms with Crippen molar-refractivity contribution in [3.63, 3.8) is 0 Å². The van der Waals surface area contributed by atoms with Crippen molar-refractivity contribution in [3.05, 3.63) is 83.2 Å². The molecule has 0 fully saturated rings. The summed E-state index contributed by atoms with van der Waals surface area (Å²) < 4.78 is 12.8. The van der Waals surface area contributed by atoms with Crippen LogP contribution in [0.1, 0.15) is 11.1 Å². The monoisotopic (exact) mass is 313 g/mol. The Labute approximate surface area is 133 Å². The molecule has 0 aromatic heterocycles. The van der Waals surface area contributed by atoms with Gasteiger partial charge in [0.05, 0.1) is 0 Å². The fraction of sp³-hybridized carbons (Fsp3) is 0.111. The van der Waals surface area contributed by atoms with Gasteiger partial charge in [-0.15, -0.1) is 0 Å². The Morgan fingerprint density at radius 3 is 2.26 bits per heavy atom. The van der Waals surface area contributed by atoms with Gasteiger partial charge in [0.1, 0.15) is 11.4 Å². The molecule has 0 aliphatic rings. The molecule has 0 heterocycles. The standard InChI is InChI=1S/C18H16FNO3/c19-15-9-6-14(7-10-15)12-20-17(21)16(18(22)23)11-8-13-4-2-1-3-5-13/h1-7,9-11H,8,12H2,(H,20,21)(H,22,23)/b16-11+. The Morgan fingerprint density at radius 1 is 1.00 bits per heavy atom. The molecule has 1 amide bonds. The third-order valence-corrected chi connectivity index (χ3v) is 3.23. The molecule has 5 heteroatoms. The Morgan fingerprint density at radius 2 is 1.65 bits per heavy atom. The molecule has 2 rings (SSSR count). The van der Waals surface area contributed by atoms with Crippen LogP contribution in [0.3, 0.4) is 0 Å². The number of carbonyl (C=O) groups excluding carboxylic acids is 1. The second-order valence-electron chi connectivity index (χ2n) is 4.92. The molecule has 2 N–H and O–H groups in total. The fourth-order valence-electron chi connectivity index (χ4n) is 1.99. The zero-order valence-electron chi connectivity index (χ0n) is 12.3. The molecule has 0 spiro atoms. The lowest BCUT2D eigenvalue weighted by molar-refractivity contribution is -0.135. The highest BCUT2D eigenvalue weighted by molar-refractivity contribution is 6.15. The molecule has 0 saturated heterocycles. The van der Waals surface area contributed by atoms with Gasteiger partial charge in [-0.25, -0.2) is 9.18 Å². The highest BCUT2D eigenvalue weighted by Crippen LogP contribution is 2.06. The Hall–Kier alpha value is -2.95. The van der Waals surface area contributed by atoms with Gasteiger partial charge >= 0.3 is 5.97 Å². The third kappa shape index (κ3) is 5.07. The normalized spacial score (nSPS) is 11.1. The van der Waals surface area contributed by atoms with E-state index < -0.39 is 11.9 Å². The van der Waals surface area contributed by atoms with E-state index in [2.05, 4.69) is 5.32 Å². The number of carboxylic acid groups (broad SMARTS) is 1. The molecule has 0 atom stereocenters. The number of nitrogens with one attached hydrogen (secondary N) is 1. The maximum atomic E-state index is 12.8. The van der Waals surface area contributed by atoms with Crippen LogP contribution < -0.4 is 5.32 Å². The van der Waals surface area contributed by atoms with Crippen LogP contribution in [-0.2, 0) is 22.6 Å². The van der Waals surface area contributed by atoms with Gasteiger partial charge < -0.3 is 10.4 Å². The van der Waals surface area contributed by atoms with Crippen molar-refractivity contribution in [1.29, 1.82) is 0 Å². The molecule has 0 unspecified atom stereocenters. The lowest BCUT2D eigenvalue weighted by Gasteiger charge is -2.06. The molecular weight excluding hydrogens is 297 g/mol. The minimum Gasteiger partial charge on any atom is -0.478 e. The predicted molar refractivity (Wildman–Crippen MR) is 84.1 cm³/mol. The molecule has 4 nitrogen and oxygen atoms in total. The van der Waals surface area contributed by atoms with Crippen LogP contribution in [0, 0.1) is 5.82 Å². The summed E-state index contributed by atoms with van der Waals surface area (Å²) in [6.45, 7) is 0.134. The molecule has 23 heavy (non-hydrogen) atoms. The van der Waals surface area contributed by atoms with E-state index in [1.54, 1.807) is 0 Å². The zero-order chi connectivity index (χ0) is 16.7. The van der Waals surface area contributed by atoms with Crippen molar-refractivity contribution in [2.24, 2.45) is 0 Å². The Kier molecular flexibility index (Phi) is 5.63. The van der Waals surface area contributed by atoms with Gasteiger partial charge in [0, 0.05) is 6.54 Å². The highest BCUT2D eigenvalue weighted by atomic mass is 19.1. The van der Waals surface area contributed by atoms with E-state index in [1.165, 1.54) is 30.3 Å². The van der Waals surface area contributed by atoms with E-state index in [4.69, 9.17) is 0 Å². The van der Waals surface area contributed by atoms with Crippen LogP contribution in [0.2, 0.25) is 0 Å². The van der Waals surface area contributed by atoms with Crippen molar-refractivity contribution in [3.8, 4) is 0 Å². The van der Waals surface area contributed by atoms with Crippen LogP contribution in [0.25, 0.3) is 0 Å². The number of allylic oxidation sites excluding steroid dienone is 1. The molecule has 2 aromatic carbocycles. The van der Waals surface area contributed by atoms with Crippen LogP contribution in [0.15, 0.2) is 66.2 Å². The van der Waals surface area contributed by atoms with Crippen LogP contribution in [0.4, 0.5) is 4.39 Å². The first kappa shape index (κ1) is 16.4. The van der Waals surface area contributed by atoms with Gasteiger partial charge in [0.2, 0.25) is 0 Å². The van der Waals surface area contributed by atoms with Gasteiger partial charge in [-0.3, -0.25) is 4.79 Å². The molecule has 0 bridgehead atoms. The summed E-state index contributed by atoms with van der Waals surface area (Å²) in [5.41, 5.74) is 1.29. The minimum absolute atomic E-state index is 0.134. The van der Waals surface area contributed by atoms with Crippen molar-refractivity contribution in [2.45, 2.75) is 13.0 Å². The Bertz CT molecular complexity index is 709. The third-order valence-electron chi connectivity index (χ3n) is 3.23. The first-order chi connectivity index (χ1) is 11.1. The average Bonchev–Trinajstić information content (AvgIpc) is 2.55. The fourth-order valence-corrected chi connectivity index (χ4v) is 1.99. The summed E-state index contributed by atoms with van der Waals surface area (Å²) in [6.07, 6.45) is 1.74. The van der Waals surface area contributed by atoms with Gasteiger partial charge in [0.15, 0.2) is 0 Å². The second kappa shape index (κ2) is 7.89. The summed E-state index contributed by atoms with van der Waals surface area (Å²) >= 11 is 0. The smallest absolute Gasteiger partial charge is 0.340 e. The number of benzene rings is 2. The highest BCUT2D eigenvalue weighted by Gasteiger charge is 2.16. The van der Waals surface area contributed by atoms with E-state index in [0.29, 0.717) is 12.0 Å². The van der Waals surface area contributed by atoms with E-state index in [0.717, 1.165) is 5.56 Å². The molecule has 118 valence electrons. The number of carbonyl (C=O) groups is 2. The number of aliphatic carboxylic acids is 1. The lowest BCUT2D eigenvalue weighted by Crippen LogP contribution is -2.28. The first-order valence-electron chi connectivity index (χ1n) is 7.06. The topological polar surface area (TPSA) is 66.4 Å². The second-order valence-corrected chi connectivity index (χ2v) is 4.92. The molecular formula is C18H16FNO3. The first-order valence-corrected chi connectivity index (χ1v) is 7.06. The minimum atomic E-state index is -1.28. The van der Waals surface area contributed by atoms with Crippen molar-refractivity contribution >= 4 is 11.9 Å². The van der Waals surface area contributed by atoms with E-state index in [1.807, 2.05) is 30.3 Å². The van der Waals surface area contributed by atoms with E-state index >= 15 is 0 Å². The largest absolute Gasteiger partial charge is 0.478 e. The summed E-state index contributed by atoms with van der Waals surface area (Å²) in [6, 6.07) is 14.9. The van der Waals surface area contributed by atoms with Gasteiger partial charge in [0.25, 0.3) is 5.91 Å². The van der Waals surface area contributed by atoms with Crippen LogP contribution >= 0.6 is 0 Å². The number of amides is 1. The van der Waals surface area contributed by atoms with E-state index in [-0.39, 0.29) is 17.9 Å². The lowest BCUT2D eigenvalue weighted by atomic mass is 10.1. The summed E-state index contributed by atoms with van der Waals surface area (Å²) in [5.74, 6) is -2.32. The molecule has 2 aromatic rings. The van der Waals surface area contributed by atoms with Crippen molar-refractivity contribution < 1.29 is 19.1 Å². The summed E-state index contributed by atoms with van der Waals surface area (Å²) in [5, 5.41) is 11.7. The van der Waals surface area contributed by atoms with Crippen molar-refractivity contribution in [1.82, 2.24) is 5.32 Å². The number of carboxylic acids is 1. The number of rotatable bonds is 6. The predicted octanol–water partition coefficient (Wildman–Crippen LogP) is 2.70. The van der Waals surface area contributed by atoms with Gasteiger partial charge in [-0.1, -0.05) is 48.5 Å². The van der Waals surface area contributed by atoms with Crippen molar-refractivity contribution in [2.75, 3.05) is 0 Å². The number of hydrogen-bond donors (Lipinski definition) is 2. The quantitative estimate of drug-likeness (QED) is 0.489. The van der Waals surface area contributed by atoms with Crippen LogP contribution in [-0.4, -0.2) is 17.0 Å². The SMILES string of the molecule is O=C(O)/C(=C/Cc1ccccc1)C(=O)NCc1ccc(F)cc1. The summed E-state index contributed by atoms with van der Waals surface area (Å²) in [4.78, 5) is 23.3. The number of hydrogen-bond acceptors (Lipinski definition) is 2. The van der Waals surface area contributed by atoms with Crippen LogP contribution in [0.5, 0.6) is 0 Å². The van der Waals surface area contributed by atoms with Gasteiger partial charge in [-0.2, -0.15) is 0 Å². The Balaban J connectivity index is 2.00. The molecule has 0 aliphatic heterocycles. The molecule has 0 aliphatic carbocycles. The zero-order valence-corrected chi connectivity index (χ0v) is 12.3. The summed E-state index contributed by atoms with van der Waals surface area (Å²) in [7, 11) is 0. The maximum absolute atomic E-state index is 12.8. The molecule has 0 radical (unpaired) electrons. The molecule has 0 saturated carbocycles. The number of halogens is 1. The average molecular weight is 313 g/mol.